The first kappa shape index (κ1) is 16.3. The van der Waals surface area contributed by atoms with E-state index >= 15 is 0 Å². The van der Waals surface area contributed by atoms with Crippen LogP contribution in [-0.4, -0.2) is 53.7 Å². The van der Waals surface area contributed by atoms with E-state index < -0.39 is 5.97 Å². The van der Waals surface area contributed by atoms with Crippen LogP contribution in [0.15, 0.2) is 18.2 Å². The van der Waals surface area contributed by atoms with Crippen molar-refractivity contribution < 1.29 is 28.5 Å². The molecule has 0 bridgehead atoms. The van der Waals surface area contributed by atoms with Crippen LogP contribution in [0.25, 0.3) is 0 Å². The number of rotatable bonds is 9. The highest BCUT2D eigenvalue weighted by molar-refractivity contribution is 5.93. The Morgan fingerprint density at radius 1 is 0.950 bits per heavy atom. The number of ether oxygens (including phenoxy) is 5. The number of hydrogen-bond acceptors (Lipinski definition) is 6. The minimum Gasteiger partial charge on any atom is -0.487 e. The van der Waals surface area contributed by atoms with Crippen molar-refractivity contribution in [3.63, 3.8) is 0 Å². The molecule has 0 heterocycles. The molecule has 6 heteroatoms. The van der Waals surface area contributed by atoms with E-state index in [-0.39, 0.29) is 0 Å². The Hall–Kier alpha value is -1.79. The predicted molar refractivity (Wildman–Crippen MR) is 72.5 cm³/mol. The van der Waals surface area contributed by atoms with Crippen molar-refractivity contribution in [1.82, 2.24) is 0 Å². The van der Waals surface area contributed by atoms with Crippen molar-refractivity contribution in [1.29, 1.82) is 0 Å². The third-order valence-electron chi connectivity index (χ3n) is 2.46. The monoisotopic (exact) mass is 284 g/mol. The molecule has 20 heavy (non-hydrogen) atoms. The molecule has 0 unspecified atom stereocenters. The highest BCUT2D eigenvalue weighted by Gasteiger charge is 2.17. The minimum absolute atomic E-state index is 0.311. The van der Waals surface area contributed by atoms with Gasteiger partial charge in [-0.2, -0.15) is 0 Å². The highest BCUT2D eigenvalue weighted by atomic mass is 16.6. The molecule has 0 atom stereocenters. The lowest BCUT2D eigenvalue weighted by atomic mass is 10.2. The molecule has 0 saturated carbocycles. The molecule has 1 aromatic rings. The van der Waals surface area contributed by atoms with E-state index in [1.54, 1.807) is 32.4 Å². The maximum Gasteiger partial charge on any atom is 0.341 e. The first-order valence-electron chi connectivity index (χ1n) is 6.19. The molecule has 0 N–H and O–H groups in total. The normalized spacial score (nSPS) is 10.2. The van der Waals surface area contributed by atoms with Crippen LogP contribution in [0.4, 0.5) is 0 Å². The molecule has 0 amide bonds. The Balaban J connectivity index is 2.92. The average Bonchev–Trinajstić information content (AvgIpc) is 2.48. The van der Waals surface area contributed by atoms with Gasteiger partial charge in [0.1, 0.15) is 18.8 Å². The number of methoxy groups -OCH3 is 3. The number of para-hydroxylation sites is 1. The van der Waals surface area contributed by atoms with E-state index in [0.29, 0.717) is 43.5 Å². The fraction of sp³-hybridized carbons (Fsp3) is 0.500. The summed E-state index contributed by atoms with van der Waals surface area (Å²) in [6.45, 7) is 1.53. The predicted octanol–water partition coefficient (Wildman–Crippen LogP) is 1.52. The first-order valence-corrected chi connectivity index (χ1v) is 6.19. The van der Waals surface area contributed by atoms with Crippen molar-refractivity contribution in [3.05, 3.63) is 23.8 Å². The summed E-state index contributed by atoms with van der Waals surface area (Å²) in [6, 6.07) is 5.05. The average molecular weight is 284 g/mol. The Labute approximate surface area is 118 Å². The quantitative estimate of drug-likeness (QED) is 0.506. The number of hydrogen-bond donors (Lipinski definition) is 0. The Kier molecular flexibility index (Phi) is 7.46. The molecule has 0 aliphatic rings. The topological polar surface area (TPSA) is 63.2 Å². The van der Waals surface area contributed by atoms with Gasteiger partial charge in [-0.3, -0.25) is 0 Å². The summed E-state index contributed by atoms with van der Waals surface area (Å²) in [6.07, 6.45) is 0. The van der Waals surface area contributed by atoms with E-state index in [1.165, 1.54) is 7.11 Å². The van der Waals surface area contributed by atoms with Gasteiger partial charge in [0.05, 0.1) is 20.3 Å². The van der Waals surface area contributed by atoms with E-state index in [1.807, 2.05) is 0 Å². The lowest BCUT2D eigenvalue weighted by Crippen LogP contribution is -2.12. The molecule has 0 spiro atoms. The first-order chi connectivity index (χ1) is 9.74. The molecule has 0 fully saturated rings. The summed E-state index contributed by atoms with van der Waals surface area (Å²) in [5.41, 5.74) is 0.318. The molecule has 6 nitrogen and oxygen atoms in total. The van der Waals surface area contributed by atoms with Gasteiger partial charge in [-0.1, -0.05) is 6.07 Å². The summed E-state index contributed by atoms with van der Waals surface area (Å²) in [5, 5.41) is 0. The zero-order valence-corrected chi connectivity index (χ0v) is 12.0. The highest BCUT2D eigenvalue weighted by Crippen LogP contribution is 2.31. The van der Waals surface area contributed by atoms with Gasteiger partial charge in [0.25, 0.3) is 0 Å². The number of carbonyl (C=O) groups excluding carboxylic acids is 1. The number of esters is 1. The second kappa shape index (κ2) is 9.17. The molecular formula is C14H20O6. The van der Waals surface area contributed by atoms with Gasteiger partial charge < -0.3 is 23.7 Å². The van der Waals surface area contributed by atoms with Gasteiger partial charge in [0.2, 0.25) is 0 Å². The summed E-state index contributed by atoms with van der Waals surface area (Å²) < 4.78 is 25.7. The number of benzene rings is 1. The van der Waals surface area contributed by atoms with Crippen molar-refractivity contribution in [3.8, 4) is 11.5 Å². The lowest BCUT2D eigenvalue weighted by molar-refractivity contribution is 0.0592. The molecule has 0 aromatic heterocycles. The van der Waals surface area contributed by atoms with Gasteiger partial charge in [0.15, 0.2) is 11.5 Å². The van der Waals surface area contributed by atoms with E-state index in [9.17, 15) is 4.79 Å². The second-order valence-corrected chi connectivity index (χ2v) is 3.81. The minimum atomic E-state index is -0.477. The van der Waals surface area contributed by atoms with Crippen molar-refractivity contribution in [2.45, 2.75) is 0 Å². The molecule has 0 aliphatic carbocycles. The summed E-state index contributed by atoms with van der Waals surface area (Å²) >= 11 is 0. The van der Waals surface area contributed by atoms with Crippen molar-refractivity contribution in [2.75, 3.05) is 47.8 Å². The largest absolute Gasteiger partial charge is 0.487 e. The lowest BCUT2D eigenvalue weighted by Gasteiger charge is -2.15. The Morgan fingerprint density at radius 3 is 2.20 bits per heavy atom. The molecule has 1 rings (SSSR count). The van der Waals surface area contributed by atoms with Gasteiger partial charge in [0, 0.05) is 14.2 Å². The Morgan fingerprint density at radius 2 is 1.60 bits per heavy atom. The third-order valence-corrected chi connectivity index (χ3v) is 2.46. The van der Waals surface area contributed by atoms with E-state index in [2.05, 4.69) is 0 Å². The summed E-state index contributed by atoms with van der Waals surface area (Å²) in [4.78, 5) is 11.7. The standard InChI is InChI=1S/C14H20O6/c1-16-7-9-19-12-6-4-5-11(14(15)18-3)13(12)20-10-8-17-2/h4-6H,7-10H2,1-3H3. The van der Waals surface area contributed by atoms with Crippen LogP contribution in [0.5, 0.6) is 11.5 Å². The molecule has 1 aromatic carbocycles. The van der Waals surface area contributed by atoms with Crippen LogP contribution in [0.3, 0.4) is 0 Å². The van der Waals surface area contributed by atoms with Crippen LogP contribution in [0, 0.1) is 0 Å². The van der Waals surface area contributed by atoms with Crippen molar-refractivity contribution >= 4 is 5.97 Å². The van der Waals surface area contributed by atoms with Crippen LogP contribution in [0.2, 0.25) is 0 Å². The fourth-order valence-electron chi connectivity index (χ4n) is 1.51. The van der Waals surface area contributed by atoms with Crippen LogP contribution < -0.4 is 9.47 Å². The summed E-state index contributed by atoms with van der Waals surface area (Å²) in [7, 11) is 4.48. The van der Waals surface area contributed by atoms with Gasteiger partial charge in [-0.25, -0.2) is 4.79 Å². The van der Waals surface area contributed by atoms with Crippen molar-refractivity contribution in [2.24, 2.45) is 0 Å². The van der Waals surface area contributed by atoms with Gasteiger partial charge in [-0.05, 0) is 12.1 Å². The smallest absolute Gasteiger partial charge is 0.341 e. The molecular weight excluding hydrogens is 264 g/mol. The van der Waals surface area contributed by atoms with Crippen LogP contribution in [0.1, 0.15) is 10.4 Å². The Bertz CT molecular complexity index is 418. The second-order valence-electron chi connectivity index (χ2n) is 3.81. The number of carbonyl (C=O) groups is 1. The maximum atomic E-state index is 11.7. The van der Waals surface area contributed by atoms with Gasteiger partial charge in [-0.15, -0.1) is 0 Å². The third kappa shape index (κ3) is 4.71. The fourth-order valence-corrected chi connectivity index (χ4v) is 1.51. The summed E-state index contributed by atoms with van der Waals surface area (Å²) in [5.74, 6) is 0.350. The molecule has 0 saturated heterocycles. The van der Waals surface area contributed by atoms with Gasteiger partial charge >= 0.3 is 5.97 Å². The molecule has 0 aliphatic heterocycles. The molecule has 0 radical (unpaired) electrons. The zero-order chi connectivity index (χ0) is 14.8. The van der Waals surface area contributed by atoms with E-state index in [0.717, 1.165) is 0 Å². The maximum absolute atomic E-state index is 11.7. The molecule has 112 valence electrons. The SMILES string of the molecule is COCCOc1cccc(C(=O)OC)c1OCCOC. The zero-order valence-electron chi connectivity index (χ0n) is 12.0. The van der Waals surface area contributed by atoms with Crippen LogP contribution >= 0.6 is 0 Å². The van der Waals surface area contributed by atoms with Crippen LogP contribution in [-0.2, 0) is 14.2 Å². The van der Waals surface area contributed by atoms with E-state index in [4.69, 9.17) is 23.7 Å².